The molecule has 0 aromatic rings. The Labute approximate surface area is 159 Å². The van der Waals surface area contributed by atoms with Crippen molar-refractivity contribution in [3.63, 3.8) is 0 Å². The average Bonchev–Trinajstić information content (AvgIpc) is 2.65. The van der Waals surface area contributed by atoms with Crippen LogP contribution in [0.3, 0.4) is 0 Å². The Kier molecular flexibility index (Phi) is 12.0. The largest absolute Gasteiger partial charge is 0.0654 e. The van der Waals surface area contributed by atoms with E-state index in [1.807, 2.05) is 0 Å². The lowest BCUT2D eigenvalue weighted by Crippen LogP contribution is -2.30. The van der Waals surface area contributed by atoms with Crippen LogP contribution < -0.4 is 0 Å². The summed E-state index contributed by atoms with van der Waals surface area (Å²) in [6, 6.07) is 0. The second-order valence-electron chi connectivity index (χ2n) is 9.43. The quantitative estimate of drug-likeness (QED) is 0.274. The van der Waals surface area contributed by atoms with E-state index in [1.54, 1.807) is 38.5 Å². The second kappa shape index (κ2) is 14.1. The summed E-state index contributed by atoms with van der Waals surface area (Å²) in [5, 5.41) is 0. The maximum atomic E-state index is 2.31. The van der Waals surface area contributed by atoms with Crippen LogP contribution in [0.2, 0.25) is 0 Å². The summed E-state index contributed by atoms with van der Waals surface area (Å²) < 4.78 is 0. The fourth-order valence-electron chi connectivity index (χ4n) is 5.85. The molecule has 0 amide bonds. The molecule has 2 aliphatic rings. The van der Waals surface area contributed by atoms with Crippen LogP contribution in [-0.4, -0.2) is 0 Å². The van der Waals surface area contributed by atoms with Gasteiger partial charge >= 0.3 is 0 Å². The van der Waals surface area contributed by atoms with Crippen molar-refractivity contribution in [2.24, 2.45) is 17.8 Å². The van der Waals surface area contributed by atoms with E-state index >= 15 is 0 Å². The van der Waals surface area contributed by atoms with Crippen LogP contribution in [0.4, 0.5) is 0 Å². The highest BCUT2D eigenvalue weighted by molar-refractivity contribution is 4.85. The first-order chi connectivity index (χ1) is 12.4. The standard InChI is InChI=1S/C25H48/c1-2-3-4-5-6-7-8-9-10-11-12-13-14-18-23-20-17-21-24-19-15-16-22-25(23)24/h23-25H,2-22H2,1H3/t23-,24-,25-/m1/s1. The van der Waals surface area contributed by atoms with Gasteiger partial charge in [0.1, 0.15) is 0 Å². The van der Waals surface area contributed by atoms with Crippen LogP contribution in [-0.2, 0) is 0 Å². The number of unbranched alkanes of at least 4 members (excludes halogenated alkanes) is 12. The third-order valence-electron chi connectivity index (χ3n) is 7.40. The molecule has 0 bridgehead atoms. The normalized spacial score (nSPS) is 26.5. The highest BCUT2D eigenvalue weighted by Crippen LogP contribution is 2.45. The highest BCUT2D eigenvalue weighted by Gasteiger charge is 2.34. The Morgan fingerprint density at radius 1 is 0.520 bits per heavy atom. The molecule has 2 rings (SSSR count). The maximum Gasteiger partial charge on any atom is -0.0357 e. The Bertz CT molecular complexity index is 292. The van der Waals surface area contributed by atoms with Crippen molar-refractivity contribution in [2.45, 2.75) is 142 Å². The first-order valence-electron chi connectivity index (χ1n) is 12.4. The van der Waals surface area contributed by atoms with Crippen LogP contribution in [0.5, 0.6) is 0 Å². The molecule has 0 nitrogen and oxygen atoms in total. The molecule has 0 saturated heterocycles. The molecule has 0 radical (unpaired) electrons. The third kappa shape index (κ3) is 8.96. The molecule has 0 heterocycles. The van der Waals surface area contributed by atoms with Crippen LogP contribution in [0.15, 0.2) is 0 Å². The summed E-state index contributed by atoms with van der Waals surface area (Å²) >= 11 is 0. The van der Waals surface area contributed by atoms with E-state index in [0.29, 0.717) is 0 Å². The summed E-state index contributed by atoms with van der Waals surface area (Å²) in [6.45, 7) is 2.31. The maximum absolute atomic E-state index is 2.31. The molecule has 0 unspecified atom stereocenters. The molecule has 2 saturated carbocycles. The van der Waals surface area contributed by atoms with Crippen molar-refractivity contribution in [3.8, 4) is 0 Å². The van der Waals surface area contributed by atoms with Gasteiger partial charge in [-0.05, 0) is 24.2 Å². The molecule has 0 spiro atoms. The Balaban J connectivity index is 1.36. The van der Waals surface area contributed by atoms with Gasteiger partial charge in [0.05, 0.1) is 0 Å². The first-order valence-corrected chi connectivity index (χ1v) is 12.4. The molecule has 0 aromatic carbocycles. The average molecular weight is 349 g/mol. The molecule has 0 aromatic heterocycles. The SMILES string of the molecule is CCCCCCCCCCCCCCC[C@@H]1CCC[C@H]2CCCC[C@H]12. The van der Waals surface area contributed by atoms with Crippen LogP contribution >= 0.6 is 0 Å². The van der Waals surface area contributed by atoms with Gasteiger partial charge in [0.2, 0.25) is 0 Å². The second-order valence-corrected chi connectivity index (χ2v) is 9.43. The van der Waals surface area contributed by atoms with Gasteiger partial charge in [-0.2, -0.15) is 0 Å². The van der Waals surface area contributed by atoms with Gasteiger partial charge in [-0.3, -0.25) is 0 Å². The van der Waals surface area contributed by atoms with E-state index in [2.05, 4.69) is 6.92 Å². The zero-order valence-electron chi connectivity index (χ0n) is 17.6. The van der Waals surface area contributed by atoms with Crippen LogP contribution in [0.25, 0.3) is 0 Å². The molecule has 148 valence electrons. The number of hydrogen-bond acceptors (Lipinski definition) is 0. The van der Waals surface area contributed by atoms with Crippen molar-refractivity contribution in [1.29, 1.82) is 0 Å². The Morgan fingerprint density at radius 3 is 1.68 bits per heavy atom. The van der Waals surface area contributed by atoms with Gasteiger partial charge in [0.25, 0.3) is 0 Å². The minimum absolute atomic E-state index is 1.12. The molecular weight excluding hydrogens is 300 g/mol. The minimum Gasteiger partial charge on any atom is -0.0654 e. The molecule has 0 heteroatoms. The summed E-state index contributed by atoms with van der Waals surface area (Å²) in [5.41, 5.74) is 0. The first kappa shape index (κ1) is 21.3. The molecule has 2 aliphatic carbocycles. The monoisotopic (exact) mass is 348 g/mol. The van der Waals surface area contributed by atoms with Crippen LogP contribution in [0.1, 0.15) is 142 Å². The predicted molar refractivity (Wildman–Crippen MR) is 113 cm³/mol. The van der Waals surface area contributed by atoms with E-state index in [9.17, 15) is 0 Å². The minimum atomic E-state index is 1.12. The van der Waals surface area contributed by atoms with Crippen LogP contribution in [0, 0.1) is 17.8 Å². The summed E-state index contributed by atoms with van der Waals surface area (Å²) in [6.07, 6.45) is 31.8. The summed E-state index contributed by atoms with van der Waals surface area (Å²) in [4.78, 5) is 0. The van der Waals surface area contributed by atoms with Crippen molar-refractivity contribution >= 4 is 0 Å². The Morgan fingerprint density at radius 2 is 1.04 bits per heavy atom. The lowest BCUT2D eigenvalue weighted by Gasteiger charge is -2.41. The fraction of sp³-hybridized carbons (Fsp3) is 1.00. The number of hydrogen-bond donors (Lipinski definition) is 0. The van der Waals surface area contributed by atoms with E-state index in [0.717, 1.165) is 17.8 Å². The predicted octanol–water partition coefficient (Wildman–Crippen LogP) is 9.07. The lowest BCUT2D eigenvalue weighted by molar-refractivity contribution is 0.0961. The van der Waals surface area contributed by atoms with Crippen molar-refractivity contribution in [3.05, 3.63) is 0 Å². The Hall–Kier alpha value is 0. The molecule has 25 heavy (non-hydrogen) atoms. The summed E-state index contributed by atoms with van der Waals surface area (Å²) in [7, 11) is 0. The molecular formula is C25H48. The zero-order chi connectivity index (χ0) is 17.6. The van der Waals surface area contributed by atoms with Gasteiger partial charge in [0, 0.05) is 0 Å². The topological polar surface area (TPSA) is 0 Å². The van der Waals surface area contributed by atoms with Gasteiger partial charge in [-0.25, -0.2) is 0 Å². The van der Waals surface area contributed by atoms with Crippen molar-refractivity contribution in [2.75, 3.05) is 0 Å². The van der Waals surface area contributed by atoms with Crippen molar-refractivity contribution < 1.29 is 0 Å². The van der Waals surface area contributed by atoms with Gasteiger partial charge in [0.15, 0.2) is 0 Å². The zero-order valence-corrected chi connectivity index (χ0v) is 17.6. The number of fused-ring (bicyclic) bond motifs is 1. The van der Waals surface area contributed by atoms with Gasteiger partial charge in [-0.15, -0.1) is 0 Å². The molecule has 3 atom stereocenters. The lowest BCUT2D eigenvalue weighted by atomic mass is 9.64. The molecule has 0 N–H and O–H groups in total. The summed E-state index contributed by atoms with van der Waals surface area (Å²) in [5.74, 6) is 3.39. The van der Waals surface area contributed by atoms with Gasteiger partial charge < -0.3 is 0 Å². The number of rotatable bonds is 14. The molecule has 2 fully saturated rings. The third-order valence-corrected chi connectivity index (χ3v) is 7.40. The van der Waals surface area contributed by atoms with E-state index in [1.165, 1.54) is 96.3 Å². The fourth-order valence-corrected chi connectivity index (χ4v) is 5.85. The van der Waals surface area contributed by atoms with Gasteiger partial charge in [-0.1, -0.05) is 135 Å². The van der Waals surface area contributed by atoms with E-state index in [-0.39, 0.29) is 0 Å². The highest BCUT2D eigenvalue weighted by atomic mass is 14.4. The van der Waals surface area contributed by atoms with Crippen molar-refractivity contribution in [1.82, 2.24) is 0 Å². The smallest absolute Gasteiger partial charge is 0.0357 e. The van der Waals surface area contributed by atoms with E-state index < -0.39 is 0 Å². The molecule has 0 aliphatic heterocycles. The van der Waals surface area contributed by atoms with E-state index in [4.69, 9.17) is 0 Å².